The maximum atomic E-state index is 11.4. The van der Waals surface area contributed by atoms with Gasteiger partial charge in [-0.3, -0.25) is 4.79 Å². The highest BCUT2D eigenvalue weighted by atomic mass is 32.1. The number of carboxylic acids is 1. The molecule has 0 aromatic carbocycles. The summed E-state index contributed by atoms with van der Waals surface area (Å²) >= 11 is 1.34. The van der Waals surface area contributed by atoms with Crippen LogP contribution in [0.2, 0.25) is 0 Å². The number of rotatable bonds is 4. The molecule has 0 fully saturated rings. The van der Waals surface area contributed by atoms with Gasteiger partial charge in [-0.15, -0.1) is 0 Å². The van der Waals surface area contributed by atoms with Crippen LogP contribution in [0.1, 0.15) is 17.3 Å². The SMILES string of the molecule is CC(O)C(NC(=O)c1ccsc1)C(=O)O. The van der Waals surface area contributed by atoms with Crippen LogP contribution in [-0.2, 0) is 4.79 Å². The number of amides is 1. The summed E-state index contributed by atoms with van der Waals surface area (Å²) in [5, 5.41) is 23.4. The quantitative estimate of drug-likeness (QED) is 0.693. The summed E-state index contributed by atoms with van der Waals surface area (Å²) in [5.41, 5.74) is 0.395. The van der Waals surface area contributed by atoms with E-state index >= 15 is 0 Å². The fourth-order valence-electron chi connectivity index (χ4n) is 1.01. The van der Waals surface area contributed by atoms with Gasteiger partial charge in [-0.1, -0.05) is 0 Å². The summed E-state index contributed by atoms with van der Waals surface area (Å²) in [5.74, 6) is -1.75. The van der Waals surface area contributed by atoms with Gasteiger partial charge in [-0.25, -0.2) is 4.79 Å². The molecule has 0 aliphatic rings. The largest absolute Gasteiger partial charge is 0.480 e. The Hall–Kier alpha value is -1.40. The van der Waals surface area contributed by atoms with Gasteiger partial charge in [0.1, 0.15) is 0 Å². The van der Waals surface area contributed by atoms with Crippen molar-refractivity contribution < 1.29 is 19.8 Å². The first-order valence-corrected chi connectivity index (χ1v) is 5.20. The Labute approximate surface area is 90.4 Å². The number of carbonyl (C=O) groups is 2. The summed E-state index contributed by atoms with van der Waals surface area (Å²) in [6, 6.07) is 0.304. The average molecular weight is 229 g/mol. The molecular formula is C9H11NO4S. The normalized spacial score (nSPS) is 14.3. The molecule has 0 aliphatic carbocycles. The maximum absolute atomic E-state index is 11.4. The van der Waals surface area contributed by atoms with Crippen LogP contribution < -0.4 is 5.32 Å². The van der Waals surface area contributed by atoms with Crippen LogP contribution >= 0.6 is 11.3 Å². The summed E-state index contributed by atoms with van der Waals surface area (Å²) in [6.45, 7) is 1.31. The molecule has 0 aliphatic heterocycles. The predicted molar refractivity (Wildman–Crippen MR) is 54.9 cm³/mol. The highest BCUT2D eigenvalue weighted by Gasteiger charge is 2.25. The monoisotopic (exact) mass is 229 g/mol. The molecule has 0 saturated heterocycles. The fraction of sp³-hybridized carbons (Fsp3) is 0.333. The van der Waals surface area contributed by atoms with E-state index in [0.29, 0.717) is 5.56 Å². The van der Waals surface area contributed by atoms with E-state index in [-0.39, 0.29) is 0 Å². The van der Waals surface area contributed by atoms with Crippen LogP contribution in [0.25, 0.3) is 0 Å². The van der Waals surface area contributed by atoms with Crippen molar-refractivity contribution in [3.8, 4) is 0 Å². The Balaban J connectivity index is 2.67. The van der Waals surface area contributed by atoms with Crippen molar-refractivity contribution >= 4 is 23.2 Å². The topological polar surface area (TPSA) is 86.6 Å². The van der Waals surface area contributed by atoms with Gasteiger partial charge in [0.15, 0.2) is 6.04 Å². The minimum atomic E-state index is -1.28. The molecule has 1 rings (SSSR count). The highest BCUT2D eigenvalue weighted by molar-refractivity contribution is 7.08. The van der Waals surface area contributed by atoms with E-state index in [1.54, 1.807) is 16.8 Å². The molecule has 0 bridgehead atoms. The van der Waals surface area contributed by atoms with E-state index in [1.165, 1.54) is 18.3 Å². The first kappa shape index (κ1) is 11.7. The average Bonchev–Trinajstić information content (AvgIpc) is 2.65. The van der Waals surface area contributed by atoms with Crippen LogP contribution in [0.4, 0.5) is 0 Å². The number of nitrogens with one attached hydrogen (secondary N) is 1. The molecule has 1 aromatic rings. The third-order valence-corrected chi connectivity index (χ3v) is 2.50. The van der Waals surface area contributed by atoms with Crippen molar-refractivity contribution in [1.82, 2.24) is 5.32 Å². The molecule has 0 radical (unpaired) electrons. The summed E-state index contributed by atoms with van der Waals surface area (Å²) in [4.78, 5) is 22.1. The Morgan fingerprint density at radius 3 is 2.60 bits per heavy atom. The zero-order valence-electron chi connectivity index (χ0n) is 8.01. The Morgan fingerprint density at radius 2 is 2.20 bits per heavy atom. The molecule has 82 valence electrons. The molecule has 0 saturated carbocycles. The molecule has 2 atom stereocenters. The number of aliphatic hydroxyl groups is 1. The fourth-order valence-corrected chi connectivity index (χ4v) is 1.64. The van der Waals surface area contributed by atoms with Gasteiger partial charge in [0.2, 0.25) is 0 Å². The molecule has 1 heterocycles. The van der Waals surface area contributed by atoms with Crippen LogP contribution in [-0.4, -0.2) is 34.2 Å². The van der Waals surface area contributed by atoms with Crippen molar-refractivity contribution in [2.45, 2.75) is 19.1 Å². The predicted octanol–water partition coefficient (Wildman–Crippen LogP) is 0.312. The summed E-state index contributed by atoms with van der Waals surface area (Å²) < 4.78 is 0. The van der Waals surface area contributed by atoms with Crippen molar-refractivity contribution in [3.05, 3.63) is 22.4 Å². The molecule has 2 unspecified atom stereocenters. The lowest BCUT2D eigenvalue weighted by atomic mass is 10.1. The Morgan fingerprint density at radius 1 is 1.53 bits per heavy atom. The molecule has 6 heteroatoms. The molecule has 1 aromatic heterocycles. The molecular weight excluding hydrogens is 218 g/mol. The van der Waals surface area contributed by atoms with Gasteiger partial charge in [-0.05, 0) is 18.4 Å². The molecule has 1 amide bonds. The maximum Gasteiger partial charge on any atom is 0.328 e. The van der Waals surface area contributed by atoms with Crippen molar-refractivity contribution in [2.75, 3.05) is 0 Å². The lowest BCUT2D eigenvalue weighted by Crippen LogP contribution is -2.47. The van der Waals surface area contributed by atoms with Gasteiger partial charge in [0.25, 0.3) is 5.91 Å². The number of thiophene rings is 1. The summed E-state index contributed by atoms with van der Waals surface area (Å²) in [6.07, 6.45) is -1.13. The lowest BCUT2D eigenvalue weighted by molar-refractivity contribution is -0.141. The number of carboxylic acid groups (broad SMARTS) is 1. The van der Waals surface area contributed by atoms with E-state index in [2.05, 4.69) is 5.32 Å². The number of carbonyl (C=O) groups excluding carboxylic acids is 1. The Bertz CT molecular complexity index is 347. The molecule has 15 heavy (non-hydrogen) atoms. The number of aliphatic carboxylic acids is 1. The van der Waals surface area contributed by atoms with E-state index < -0.39 is 24.0 Å². The van der Waals surface area contributed by atoms with Gasteiger partial charge in [-0.2, -0.15) is 11.3 Å². The Kier molecular flexibility index (Phi) is 3.81. The molecule has 5 nitrogen and oxygen atoms in total. The van der Waals surface area contributed by atoms with E-state index in [0.717, 1.165) is 0 Å². The van der Waals surface area contributed by atoms with E-state index in [9.17, 15) is 9.59 Å². The van der Waals surface area contributed by atoms with Gasteiger partial charge in [0.05, 0.1) is 11.7 Å². The van der Waals surface area contributed by atoms with Crippen molar-refractivity contribution in [3.63, 3.8) is 0 Å². The number of hydrogen-bond donors (Lipinski definition) is 3. The second-order valence-corrected chi connectivity index (χ2v) is 3.82. The van der Waals surface area contributed by atoms with E-state index in [1.807, 2.05) is 0 Å². The van der Waals surface area contributed by atoms with Gasteiger partial charge in [0, 0.05) is 5.38 Å². The number of aliphatic hydroxyl groups excluding tert-OH is 1. The van der Waals surface area contributed by atoms with Crippen LogP contribution in [0.15, 0.2) is 16.8 Å². The van der Waals surface area contributed by atoms with Gasteiger partial charge < -0.3 is 15.5 Å². The second-order valence-electron chi connectivity index (χ2n) is 3.04. The summed E-state index contributed by atoms with van der Waals surface area (Å²) in [7, 11) is 0. The second kappa shape index (κ2) is 4.90. The molecule has 3 N–H and O–H groups in total. The van der Waals surface area contributed by atoms with Crippen molar-refractivity contribution in [1.29, 1.82) is 0 Å². The number of hydrogen-bond acceptors (Lipinski definition) is 4. The van der Waals surface area contributed by atoms with Gasteiger partial charge >= 0.3 is 5.97 Å². The highest BCUT2D eigenvalue weighted by Crippen LogP contribution is 2.06. The van der Waals surface area contributed by atoms with Crippen molar-refractivity contribution in [2.24, 2.45) is 0 Å². The smallest absolute Gasteiger partial charge is 0.328 e. The lowest BCUT2D eigenvalue weighted by Gasteiger charge is -2.16. The standard InChI is InChI=1S/C9H11NO4S/c1-5(11)7(9(13)14)10-8(12)6-2-3-15-4-6/h2-5,7,11H,1H3,(H,10,12)(H,13,14). The zero-order valence-corrected chi connectivity index (χ0v) is 8.82. The first-order valence-electron chi connectivity index (χ1n) is 4.26. The minimum Gasteiger partial charge on any atom is -0.480 e. The van der Waals surface area contributed by atoms with Crippen LogP contribution in [0, 0.1) is 0 Å². The van der Waals surface area contributed by atoms with Crippen LogP contribution in [0.3, 0.4) is 0 Å². The first-order chi connectivity index (χ1) is 7.02. The minimum absolute atomic E-state index is 0.395. The van der Waals surface area contributed by atoms with E-state index in [4.69, 9.17) is 10.2 Å². The third-order valence-electron chi connectivity index (χ3n) is 1.82. The molecule has 0 spiro atoms. The van der Waals surface area contributed by atoms with Crippen LogP contribution in [0.5, 0.6) is 0 Å². The zero-order chi connectivity index (χ0) is 11.4. The third kappa shape index (κ3) is 3.03.